The summed E-state index contributed by atoms with van der Waals surface area (Å²) in [4.78, 5) is 15.9. The number of hydrogen-bond donors (Lipinski definition) is 0. The normalized spacial score (nSPS) is 26.3. The Kier molecular flexibility index (Phi) is 4.91. The number of thioether (sulfide) groups is 1. The summed E-state index contributed by atoms with van der Waals surface area (Å²) < 4.78 is -0.184. The molecule has 1 amide bonds. The van der Waals surface area contributed by atoms with E-state index in [1.165, 1.54) is 12.8 Å². The Morgan fingerprint density at radius 1 is 1.10 bits per heavy atom. The van der Waals surface area contributed by atoms with Crippen molar-refractivity contribution in [1.82, 2.24) is 4.90 Å². The van der Waals surface area contributed by atoms with Crippen LogP contribution in [-0.2, 0) is 4.79 Å². The monoisotopic (exact) mass is 321 g/mol. The number of carbonyl (C=O) groups is 1. The van der Waals surface area contributed by atoms with E-state index >= 15 is 0 Å². The minimum absolute atomic E-state index is 0.184. The molecule has 2 atom stereocenters. The molecule has 21 heavy (non-hydrogen) atoms. The maximum atomic E-state index is 12.7. The van der Waals surface area contributed by atoms with Crippen molar-refractivity contribution in [3.63, 3.8) is 0 Å². The molecule has 0 radical (unpaired) electrons. The van der Waals surface area contributed by atoms with Gasteiger partial charge in [0.2, 0.25) is 5.91 Å². The summed E-state index contributed by atoms with van der Waals surface area (Å²) in [6, 6.07) is 10.2. The van der Waals surface area contributed by atoms with Crippen molar-refractivity contribution >= 4 is 34.2 Å². The van der Waals surface area contributed by atoms with Crippen molar-refractivity contribution in [1.29, 1.82) is 0 Å². The Morgan fingerprint density at radius 3 is 2.43 bits per heavy atom. The molecule has 2 heterocycles. The average molecular weight is 322 g/mol. The van der Waals surface area contributed by atoms with E-state index in [1.807, 2.05) is 23.1 Å². The fourth-order valence-electron chi connectivity index (χ4n) is 2.92. The lowest BCUT2D eigenvalue weighted by molar-refractivity contribution is -0.133. The van der Waals surface area contributed by atoms with E-state index in [9.17, 15) is 4.79 Å². The highest BCUT2D eigenvalue weighted by Crippen LogP contribution is 2.45. The zero-order chi connectivity index (χ0) is 14.7. The summed E-state index contributed by atoms with van der Waals surface area (Å²) in [6.07, 6.45) is 6.77. The minimum Gasteiger partial charge on any atom is -0.342 e. The molecule has 1 fully saturated rings. The van der Waals surface area contributed by atoms with Gasteiger partial charge >= 0.3 is 0 Å². The van der Waals surface area contributed by atoms with Gasteiger partial charge in [0.15, 0.2) is 0 Å². The molecule has 2 aliphatic heterocycles. The van der Waals surface area contributed by atoms with Crippen molar-refractivity contribution in [3.8, 4) is 0 Å². The summed E-state index contributed by atoms with van der Waals surface area (Å²) in [7, 11) is 0. The number of benzene rings is 1. The highest BCUT2D eigenvalue weighted by atomic mass is 35.5. The van der Waals surface area contributed by atoms with Crippen LogP contribution < -0.4 is 0 Å². The predicted octanol–water partition coefficient (Wildman–Crippen LogP) is 4.36. The van der Waals surface area contributed by atoms with Gasteiger partial charge in [-0.3, -0.25) is 4.79 Å². The first kappa shape index (κ1) is 15.0. The van der Waals surface area contributed by atoms with E-state index in [2.05, 4.69) is 18.2 Å². The van der Waals surface area contributed by atoms with E-state index in [4.69, 9.17) is 11.6 Å². The lowest BCUT2D eigenvalue weighted by Crippen LogP contribution is -2.37. The van der Waals surface area contributed by atoms with Gasteiger partial charge in [-0.1, -0.05) is 49.2 Å². The highest BCUT2D eigenvalue weighted by molar-refractivity contribution is 8.10. The van der Waals surface area contributed by atoms with Crippen LogP contribution in [0.1, 0.15) is 31.2 Å². The fraction of sp³-hybridized carbons (Fsp3) is 0.471. The Balaban J connectivity index is 1.75. The lowest BCUT2D eigenvalue weighted by atomic mass is 10.1. The van der Waals surface area contributed by atoms with Gasteiger partial charge in [-0.05, 0) is 18.4 Å². The quantitative estimate of drug-likeness (QED) is 0.754. The Labute approximate surface area is 135 Å². The molecule has 112 valence electrons. The average Bonchev–Trinajstić information content (AvgIpc) is 2.74. The lowest BCUT2D eigenvalue weighted by Gasteiger charge is -2.24. The smallest absolute Gasteiger partial charge is 0.231 e. The molecule has 1 aromatic carbocycles. The fourth-order valence-corrected chi connectivity index (χ4v) is 4.47. The van der Waals surface area contributed by atoms with Crippen LogP contribution in [-0.4, -0.2) is 28.6 Å². The molecule has 0 aromatic heterocycles. The molecule has 2 aliphatic rings. The molecular weight excluding hydrogens is 302 g/mol. The van der Waals surface area contributed by atoms with Crippen LogP contribution in [0.25, 0.3) is 4.91 Å². The summed E-state index contributed by atoms with van der Waals surface area (Å²) in [5.74, 6) is 0.0142. The Bertz CT molecular complexity index is 523. The summed E-state index contributed by atoms with van der Waals surface area (Å²) >= 11 is 8.04. The van der Waals surface area contributed by atoms with E-state index < -0.39 is 0 Å². The van der Waals surface area contributed by atoms with Gasteiger partial charge in [0.25, 0.3) is 0 Å². The molecule has 0 aliphatic carbocycles. The Hall–Kier alpha value is -0.930. The van der Waals surface area contributed by atoms with E-state index in [1.54, 1.807) is 11.8 Å². The van der Waals surface area contributed by atoms with Crippen LogP contribution in [0, 0.1) is 5.92 Å². The molecule has 0 N–H and O–H groups in total. The van der Waals surface area contributed by atoms with E-state index in [0.29, 0.717) is 0 Å². The molecule has 0 saturated carbocycles. The van der Waals surface area contributed by atoms with Gasteiger partial charge in [-0.25, -0.2) is 0 Å². The number of alkyl halides is 1. The molecule has 4 heteroatoms. The van der Waals surface area contributed by atoms with E-state index in [-0.39, 0.29) is 16.5 Å². The zero-order valence-corrected chi connectivity index (χ0v) is 13.6. The molecule has 1 saturated heterocycles. The second-order valence-corrected chi connectivity index (χ2v) is 7.54. The van der Waals surface area contributed by atoms with Crippen LogP contribution in [0.4, 0.5) is 0 Å². The summed E-state index contributed by atoms with van der Waals surface area (Å²) in [5, 5.41) is 0. The first-order valence-electron chi connectivity index (χ1n) is 7.62. The van der Waals surface area contributed by atoms with Crippen molar-refractivity contribution in [2.24, 2.45) is 5.92 Å². The standard InChI is InChI=1S/C17H20ClNOS/c18-16-14(17(20)19-10-6-1-2-7-11-19)12-15(21-16)13-8-4-3-5-9-13/h3-5,8-9,12,14,16H,1-2,6-7,10-11H2. The second kappa shape index (κ2) is 6.89. The molecular formula is C17H20ClNOS. The van der Waals surface area contributed by atoms with Crippen LogP contribution >= 0.6 is 23.4 Å². The van der Waals surface area contributed by atoms with Gasteiger partial charge in [0, 0.05) is 18.0 Å². The maximum Gasteiger partial charge on any atom is 0.231 e. The summed E-state index contributed by atoms with van der Waals surface area (Å²) in [5.41, 5.74) is 1.15. The second-order valence-electron chi connectivity index (χ2n) is 5.63. The topological polar surface area (TPSA) is 20.3 Å². The number of amides is 1. The molecule has 1 aromatic rings. The number of rotatable bonds is 2. The van der Waals surface area contributed by atoms with Gasteiger partial charge in [0.05, 0.1) is 10.6 Å². The van der Waals surface area contributed by atoms with Crippen molar-refractivity contribution < 1.29 is 4.79 Å². The summed E-state index contributed by atoms with van der Waals surface area (Å²) in [6.45, 7) is 1.77. The van der Waals surface area contributed by atoms with Gasteiger partial charge < -0.3 is 4.90 Å². The number of carbonyl (C=O) groups excluding carboxylic acids is 1. The molecule has 2 unspecified atom stereocenters. The molecule has 0 bridgehead atoms. The van der Waals surface area contributed by atoms with Gasteiger partial charge in [-0.15, -0.1) is 23.4 Å². The third kappa shape index (κ3) is 3.46. The van der Waals surface area contributed by atoms with E-state index in [0.717, 1.165) is 36.4 Å². The predicted molar refractivity (Wildman–Crippen MR) is 90.2 cm³/mol. The largest absolute Gasteiger partial charge is 0.342 e. The van der Waals surface area contributed by atoms with Crippen LogP contribution in [0.3, 0.4) is 0 Å². The number of hydrogen-bond acceptors (Lipinski definition) is 2. The molecule has 3 rings (SSSR count). The minimum atomic E-state index is -0.190. The van der Waals surface area contributed by atoms with Gasteiger partial charge in [-0.2, -0.15) is 0 Å². The van der Waals surface area contributed by atoms with Crippen molar-refractivity contribution in [2.45, 2.75) is 30.4 Å². The third-order valence-electron chi connectivity index (χ3n) is 4.11. The Morgan fingerprint density at radius 2 is 1.76 bits per heavy atom. The number of halogens is 1. The SMILES string of the molecule is O=C(C1C=C(c2ccccc2)SC1Cl)N1CCCCCC1. The third-order valence-corrected chi connectivity index (χ3v) is 5.80. The first-order valence-corrected chi connectivity index (χ1v) is 8.94. The zero-order valence-electron chi connectivity index (χ0n) is 12.0. The number of nitrogens with zero attached hydrogens (tertiary/aromatic N) is 1. The van der Waals surface area contributed by atoms with Gasteiger partial charge in [0.1, 0.15) is 0 Å². The molecule has 2 nitrogen and oxygen atoms in total. The first-order chi connectivity index (χ1) is 10.3. The van der Waals surface area contributed by atoms with Crippen molar-refractivity contribution in [3.05, 3.63) is 42.0 Å². The number of likely N-dealkylation sites (tertiary alicyclic amines) is 1. The molecule has 0 spiro atoms. The highest BCUT2D eigenvalue weighted by Gasteiger charge is 2.35. The maximum absolute atomic E-state index is 12.7. The van der Waals surface area contributed by atoms with Crippen LogP contribution in [0.15, 0.2) is 36.4 Å². The van der Waals surface area contributed by atoms with Crippen LogP contribution in [0.5, 0.6) is 0 Å². The van der Waals surface area contributed by atoms with Crippen molar-refractivity contribution in [2.75, 3.05) is 13.1 Å². The van der Waals surface area contributed by atoms with Crippen LogP contribution in [0.2, 0.25) is 0 Å².